The van der Waals surface area contributed by atoms with Crippen LogP contribution in [0.3, 0.4) is 0 Å². The van der Waals surface area contributed by atoms with E-state index in [1.54, 1.807) is 0 Å². The predicted molar refractivity (Wildman–Crippen MR) is 87.1 cm³/mol. The molecule has 0 aliphatic heterocycles. The van der Waals surface area contributed by atoms with E-state index >= 15 is 0 Å². The first kappa shape index (κ1) is 15.5. The number of rotatable bonds is 6. The van der Waals surface area contributed by atoms with Crippen LogP contribution in [-0.2, 0) is 13.5 Å². The number of benzene rings is 1. The van der Waals surface area contributed by atoms with Gasteiger partial charge in [0.05, 0.1) is 5.69 Å². The summed E-state index contributed by atoms with van der Waals surface area (Å²) in [5.74, 6) is 0. The van der Waals surface area contributed by atoms with Gasteiger partial charge in [-0.1, -0.05) is 34.5 Å². The zero-order valence-corrected chi connectivity index (χ0v) is 14.1. The fourth-order valence-electron chi connectivity index (χ4n) is 2.17. The Bertz CT molecular complexity index is 568. The van der Waals surface area contributed by atoms with E-state index < -0.39 is 0 Å². The molecule has 108 valence electrons. The van der Waals surface area contributed by atoms with Gasteiger partial charge in [0.2, 0.25) is 0 Å². The molecule has 1 N–H and O–H groups in total. The average Bonchev–Trinajstić information content (AvgIpc) is 2.83. The van der Waals surface area contributed by atoms with Crippen LogP contribution in [-0.4, -0.2) is 16.3 Å². The largest absolute Gasteiger partial charge is 0.310 e. The monoisotopic (exact) mass is 355 g/mol. The van der Waals surface area contributed by atoms with E-state index in [-0.39, 0.29) is 6.04 Å². The van der Waals surface area contributed by atoms with Crippen molar-refractivity contribution in [1.29, 1.82) is 0 Å². The van der Waals surface area contributed by atoms with Crippen LogP contribution < -0.4 is 5.32 Å². The Balaban J connectivity index is 2.24. The Morgan fingerprint density at radius 2 is 2.20 bits per heavy atom. The van der Waals surface area contributed by atoms with Crippen LogP contribution in [0, 0.1) is 0 Å². The minimum atomic E-state index is 0.176. The van der Waals surface area contributed by atoms with Crippen molar-refractivity contribution in [1.82, 2.24) is 15.1 Å². The molecule has 0 aliphatic carbocycles. The molecule has 1 unspecified atom stereocenters. The lowest BCUT2D eigenvalue weighted by Gasteiger charge is -2.19. The fourth-order valence-corrected chi connectivity index (χ4v) is 2.80. The van der Waals surface area contributed by atoms with Crippen molar-refractivity contribution in [3.8, 4) is 0 Å². The molecule has 5 heteroatoms. The highest BCUT2D eigenvalue weighted by Gasteiger charge is 2.16. The van der Waals surface area contributed by atoms with Gasteiger partial charge < -0.3 is 5.32 Å². The van der Waals surface area contributed by atoms with Crippen LogP contribution in [0.5, 0.6) is 0 Å². The molecule has 0 saturated carbocycles. The normalized spacial score (nSPS) is 12.6. The second kappa shape index (κ2) is 7.25. The number of aryl methyl sites for hydroxylation is 1. The van der Waals surface area contributed by atoms with Crippen molar-refractivity contribution in [2.75, 3.05) is 6.54 Å². The molecule has 2 rings (SSSR count). The standard InChI is InChI=1S/C15H19BrClN3/c1-3-7-18-15(10-12-6-8-20(2)19-12)13-9-11(16)4-5-14(13)17/h4-6,8-9,15,18H,3,7,10H2,1-2H3. The van der Waals surface area contributed by atoms with E-state index in [9.17, 15) is 0 Å². The van der Waals surface area contributed by atoms with Crippen molar-refractivity contribution >= 4 is 27.5 Å². The third-order valence-corrected chi connectivity index (χ3v) is 3.99. The van der Waals surface area contributed by atoms with Crippen LogP contribution in [0.1, 0.15) is 30.6 Å². The molecule has 1 heterocycles. The summed E-state index contributed by atoms with van der Waals surface area (Å²) < 4.78 is 2.87. The van der Waals surface area contributed by atoms with Crippen molar-refractivity contribution in [3.05, 3.63) is 51.2 Å². The number of halogens is 2. The molecule has 0 amide bonds. The van der Waals surface area contributed by atoms with Crippen molar-refractivity contribution < 1.29 is 0 Å². The maximum atomic E-state index is 6.35. The lowest BCUT2D eigenvalue weighted by atomic mass is 10.0. The molecule has 3 nitrogen and oxygen atoms in total. The smallest absolute Gasteiger partial charge is 0.0643 e. The average molecular weight is 357 g/mol. The quantitative estimate of drug-likeness (QED) is 0.844. The third-order valence-electron chi connectivity index (χ3n) is 3.16. The Kier molecular flexibility index (Phi) is 5.64. The zero-order valence-electron chi connectivity index (χ0n) is 11.7. The van der Waals surface area contributed by atoms with E-state index in [4.69, 9.17) is 11.6 Å². The molecule has 2 aromatic rings. The van der Waals surface area contributed by atoms with E-state index in [0.29, 0.717) is 0 Å². The molecule has 0 saturated heterocycles. The fraction of sp³-hybridized carbons (Fsp3) is 0.400. The molecule has 0 radical (unpaired) electrons. The van der Waals surface area contributed by atoms with Crippen molar-refractivity contribution in [2.24, 2.45) is 7.05 Å². The Labute approximate surface area is 133 Å². The maximum Gasteiger partial charge on any atom is 0.0643 e. The summed E-state index contributed by atoms with van der Waals surface area (Å²) in [5.41, 5.74) is 2.18. The summed E-state index contributed by atoms with van der Waals surface area (Å²) in [6.45, 7) is 3.12. The summed E-state index contributed by atoms with van der Waals surface area (Å²) in [6, 6.07) is 8.20. The molecule has 20 heavy (non-hydrogen) atoms. The third kappa shape index (κ3) is 4.08. The second-order valence-corrected chi connectivity index (χ2v) is 6.18. The topological polar surface area (TPSA) is 29.9 Å². The van der Waals surface area contributed by atoms with Gasteiger partial charge in [-0.3, -0.25) is 4.68 Å². The first-order valence-electron chi connectivity index (χ1n) is 6.77. The first-order valence-corrected chi connectivity index (χ1v) is 7.94. The SMILES string of the molecule is CCCNC(Cc1ccn(C)n1)c1cc(Br)ccc1Cl. The van der Waals surface area contributed by atoms with Crippen LogP contribution in [0.25, 0.3) is 0 Å². The van der Waals surface area contributed by atoms with Gasteiger partial charge >= 0.3 is 0 Å². The second-order valence-electron chi connectivity index (χ2n) is 4.86. The minimum absolute atomic E-state index is 0.176. The van der Waals surface area contributed by atoms with Gasteiger partial charge in [0, 0.05) is 35.2 Å². The Morgan fingerprint density at radius 3 is 2.85 bits per heavy atom. The van der Waals surface area contributed by atoms with Gasteiger partial charge in [-0.25, -0.2) is 0 Å². The summed E-state index contributed by atoms with van der Waals surface area (Å²) in [6.07, 6.45) is 3.89. The molecule has 0 aliphatic rings. The minimum Gasteiger partial charge on any atom is -0.310 e. The van der Waals surface area contributed by atoms with Crippen LogP contribution in [0.4, 0.5) is 0 Å². The maximum absolute atomic E-state index is 6.35. The summed E-state index contributed by atoms with van der Waals surface area (Å²) in [4.78, 5) is 0. The van der Waals surface area contributed by atoms with Gasteiger partial charge in [-0.05, 0) is 42.8 Å². The van der Waals surface area contributed by atoms with Crippen molar-refractivity contribution in [2.45, 2.75) is 25.8 Å². The van der Waals surface area contributed by atoms with Gasteiger partial charge in [0.15, 0.2) is 0 Å². The molecule has 1 aromatic heterocycles. The van der Waals surface area contributed by atoms with E-state index in [1.165, 1.54) is 0 Å². The zero-order chi connectivity index (χ0) is 14.5. The highest BCUT2D eigenvalue weighted by molar-refractivity contribution is 9.10. The summed E-state index contributed by atoms with van der Waals surface area (Å²) in [5, 5.41) is 8.80. The highest BCUT2D eigenvalue weighted by atomic mass is 79.9. The Hall–Kier alpha value is -0.840. The molecule has 0 spiro atoms. The van der Waals surface area contributed by atoms with E-state index in [2.05, 4.69) is 39.3 Å². The number of hydrogen-bond acceptors (Lipinski definition) is 2. The van der Waals surface area contributed by atoms with Gasteiger partial charge in [-0.15, -0.1) is 0 Å². The lowest BCUT2D eigenvalue weighted by molar-refractivity contribution is 0.521. The molecular weight excluding hydrogens is 338 g/mol. The molecule has 0 bridgehead atoms. The summed E-state index contributed by atoms with van der Waals surface area (Å²) >= 11 is 9.87. The van der Waals surface area contributed by atoms with Crippen LogP contribution in [0.15, 0.2) is 34.9 Å². The van der Waals surface area contributed by atoms with Gasteiger partial charge in [0.1, 0.15) is 0 Å². The molecule has 1 aromatic carbocycles. The number of hydrogen-bond donors (Lipinski definition) is 1. The lowest BCUT2D eigenvalue weighted by Crippen LogP contribution is -2.24. The van der Waals surface area contributed by atoms with E-state index in [1.807, 2.05) is 36.1 Å². The van der Waals surface area contributed by atoms with E-state index in [0.717, 1.165) is 40.1 Å². The van der Waals surface area contributed by atoms with Crippen LogP contribution in [0.2, 0.25) is 5.02 Å². The summed E-state index contributed by atoms with van der Waals surface area (Å²) in [7, 11) is 1.93. The van der Waals surface area contributed by atoms with Gasteiger partial charge in [0.25, 0.3) is 0 Å². The highest BCUT2D eigenvalue weighted by Crippen LogP contribution is 2.28. The number of nitrogens with one attached hydrogen (secondary N) is 1. The molecule has 1 atom stereocenters. The van der Waals surface area contributed by atoms with Crippen molar-refractivity contribution in [3.63, 3.8) is 0 Å². The first-order chi connectivity index (χ1) is 9.60. The molecular formula is C15H19BrClN3. The molecule has 0 fully saturated rings. The number of aromatic nitrogens is 2. The number of nitrogens with zero attached hydrogens (tertiary/aromatic N) is 2. The predicted octanol–water partition coefficient (Wildman–Crippen LogP) is 4.12. The van der Waals surface area contributed by atoms with Gasteiger partial charge in [-0.2, -0.15) is 5.10 Å². The Morgan fingerprint density at radius 1 is 1.40 bits per heavy atom. The van der Waals surface area contributed by atoms with Crippen LogP contribution >= 0.6 is 27.5 Å².